The summed E-state index contributed by atoms with van der Waals surface area (Å²) in [7, 11) is 0. The maximum absolute atomic E-state index is 14.3. The molecule has 0 unspecified atom stereocenters. The molecule has 0 bridgehead atoms. The van der Waals surface area contributed by atoms with Crippen molar-refractivity contribution < 1.29 is 27.8 Å². The van der Waals surface area contributed by atoms with Crippen LogP contribution in [0.25, 0.3) is 0 Å². The lowest BCUT2D eigenvalue weighted by molar-refractivity contribution is 0.0194. The fourth-order valence-corrected chi connectivity index (χ4v) is 3.10. The Morgan fingerprint density at radius 1 is 1.14 bits per heavy atom. The van der Waals surface area contributed by atoms with Crippen molar-refractivity contribution in [3.8, 4) is 5.75 Å². The van der Waals surface area contributed by atoms with Crippen LogP contribution in [0.5, 0.6) is 5.75 Å². The van der Waals surface area contributed by atoms with Gasteiger partial charge in [-0.2, -0.15) is 4.39 Å². The molecule has 0 radical (unpaired) electrons. The lowest BCUT2D eigenvalue weighted by Crippen LogP contribution is -2.38. The van der Waals surface area contributed by atoms with Crippen LogP contribution in [-0.4, -0.2) is 50.3 Å². The third-order valence-corrected chi connectivity index (χ3v) is 4.81. The monoisotopic (exact) mass is 405 g/mol. The third-order valence-electron chi connectivity index (χ3n) is 4.81. The topological polar surface area (TPSA) is 48.0 Å². The summed E-state index contributed by atoms with van der Waals surface area (Å²) in [6.07, 6.45) is 0. The number of nitrogens with zero attached hydrogens (tertiary/aromatic N) is 1. The smallest absolute Gasteiger partial charge is 0.338 e. The van der Waals surface area contributed by atoms with Gasteiger partial charge in [0.1, 0.15) is 12.2 Å². The van der Waals surface area contributed by atoms with Crippen LogP contribution < -0.4 is 4.74 Å². The van der Waals surface area contributed by atoms with Gasteiger partial charge in [0, 0.05) is 19.6 Å². The number of morpholine rings is 1. The minimum Gasteiger partial charge on any atom is -0.480 e. The molecule has 0 atom stereocenters. The Morgan fingerprint density at radius 3 is 2.52 bits per heavy atom. The quantitative estimate of drug-likeness (QED) is 0.657. The van der Waals surface area contributed by atoms with Gasteiger partial charge in [-0.15, -0.1) is 0 Å². The van der Waals surface area contributed by atoms with Gasteiger partial charge in [0.15, 0.2) is 11.6 Å². The fraction of sp³-hybridized carbons (Fsp3) is 0.409. The highest BCUT2D eigenvalue weighted by Gasteiger charge is 2.26. The van der Waals surface area contributed by atoms with Gasteiger partial charge < -0.3 is 14.2 Å². The molecule has 5 nitrogen and oxygen atoms in total. The molecule has 0 spiro atoms. The summed E-state index contributed by atoms with van der Waals surface area (Å²) in [4.78, 5) is 14.4. The number of halogens is 2. The molecule has 1 aliphatic rings. The Balaban J connectivity index is 1.69. The Hall–Kier alpha value is -2.51. The Morgan fingerprint density at radius 2 is 1.83 bits per heavy atom. The van der Waals surface area contributed by atoms with Gasteiger partial charge in [0.05, 0.1) is 18.8 Å². The normalized spacial score (nSPS) is 15.2. The van der Waals surface area contributed by atoms with E-state index < -0.39 is 23.2 Å². The Bertz CT molecular complexity index is 836. The molecular formula is C22H25F2NO4. The van der Waals surface area contributed by atoms with Gasteiger partial charge >= 0.3 is 5.97 Å². The molecule has 156 valence electrons. The largest absolute Gasteiger partial charge is 0.480 e. The molecule has 0 amide bonds. The van der Waals surface area contributed by atoms with Crippen LogP contribution in [0.4, 0.5) is 8.78 Å². The SMILES string of the molecule is CC(C)(Oc1cc(C(=O)OCCN2CCOCC2)cc(F)c1F)c1ccccc1. The van der Waals surface area contributed by atoms with E-state index in [-0.39, 0.29) is 17.9 Å². The van der Waals surface area contributed by atoms with Gasteiger partial charge in [-0.1, -0.05) is 30.3 Å². The maximum Gasteiger partial charge on any atom is 0.338 e. The average molecular weight is 405 g/mol. The number of benzene rings is 2. The van der Waals surface area contributed by atoms with E-state index in [4.69, 9.17) is 14.2 Å². The van der Waals surface area contributed by atoms with Gasteiger partial charge in [-0.25, -0.2) is 9.18 Å². The molecule has 0 aliphatic carbocycles. The number of hydrogen-bond donors (Lipinski definition) is 0. The first-order chi connectivity index (χ1) is 13.9. The second-order valence-corrected chi connectivity index (χ2v) is 7.34. The fourth-order valence-electron chi connectivity index (χ4n) is 3.10. The first kappa shape index (κ1) is 21.2. The summed E-state index contributed by atoms with van der Waals surface area (Å²) in [5, 5.41) is 0. The predicted octanol–water partition coefficient (Wildman–Crippen LogP) is 3.77. The first-order valence-electron chi connectivity index (χ1n) is 9.57. The van der Waals surface area contributed by atoms with Crippen LogP contribution in [0.15, 0.2) is 42.5 Å². The van der Waals surface area contributed by atoms with E-state index in [0.29, 0.717) is 19.8 Å². The predicted molar refractivity (Wildman–Crippen MR) is 104 cm³/mol. The van der Waals surface area contributed by atoms with Gasteiger partial charge in [0.2, 0.25) is 5.82 Å². The number of esters is 1. The minimum absolute atomic E-state index is 0.0928. The van der Waals surface area contributed by atoms with Crippen molar-refractivity contribution in [2.45, 2.75) is 19.4 Å². The zero-order chi connectivity index (χ0) is 20.9. The van der Waals surface area contributed by atoms with Crippen molar-refractivity contribution in [3.63, 3.8) is 0 Å². The highest BCUT2D eigenvalue weighted by molar-refractivity contribution is 5.89. The van der Waals surface area contributed by atoms with Crippen LogP contribution in [-0.2, 0) is 15.1 Å². The summed E-state index contributed by atoms with van der Waals surface area (Å²) in [6.45, 7) is 7.04. The molecular weight excluding hydrogens is 380 g/mol. The summed E-state index contributed by atoms with van der Waals surface area (Å²) in [6, 6.07) is 11.2. The molecule has 2 aromatic rings. The van der Waals surface area contributed by atoms with Crippen LogP contribution in [0.1, 0.15) is 29.8 Å². The number of carbonyl (C=O) groups is 1. The van der Waals surface area contributed by atoms with E-state index in [1.165, 1.54) is 6.07 Å². The lowest BCUT2D eigenvalue weighted by Gasteiger charge is -2.27. The number of hydrogen-bond acceptors (Lipinski definition) is 5. The number of carbonyl (C=O) groups excluding carboxylic acids is 1. The summed E-state index contributed by atoms with van der Waals surface area (Å²) in [5.41, 5.74) is -0.226. The highest BCUT2D eigenvalue weighted by Crippen LogP contribution is 2.31. The summed E-state index contributed by atoms with van der Waals surface area (Å²) >= 11 is 0. The van der Waals surface area contributed by atoms with Crippen molar-refractivity contribution in [3.05, 3.63) is 65.2 Å². The standard InChI is InChI=1S/C22H25F2NO4/c1-22(2,17-6-4-3-5-7-17)29-19-15-16(14-18(23)20(19)24)21(26)28-13-10-25-8-11-27-12-9-25/h3-7,14-15H,8-13H2,1-2H3. The third kappa shape index (κ3) is 5.52. The molecule has 0 saturated carbocycles. The van der Waals surface area contributed by atoms with E-state index in [2.05, 4.69) is 4.90 Å². The molecule has 0 aromatic heterocycles. The molecule has 29 heavy (non-hydrogen) atoms. The van der Waals surface area contributed by atoms with Crippen LogP contribution in [0.2, 0.25) is 0 Å². The van der Waals surface area contributed by atoms with Crippen molar-refractivity contribution in [2.24, 2.45) is 0 Å². The lowest BCUT2D eigenvalue weighted by atomic mass is 9.98. The zero-order valence-electron chi connectivity index (χ0n) is 16.6. The van der Waals surface area contributed by atoms with E-state index >= 15 is 0 Å². The van der Waals surface area contributed by atoms with Crippen molar-refractivity contribution in [1.82, 2.24) is 4.90 Å². The summed E-state index contributed by atoms with van der Waals surface area (Å²) < 4.78 is 44.7. The summed E-state index contributed by atoms with van der Waals surface area (Å²) in [5.74, 6) is -3.36. The number of ether oxygens (including phenoxy) is 3. The van der Waals surface area contributed by atoms with Crippen molar-refractivity contribution in [1.29, 1.82) is 0 Å². The molecule has 3 rings (SSSR count). The van der Waals surface area contributed by atoms with E-state index in [1.54, 1.807) is 13.8 Å². The molecule has 0 N–H and O–H groups in total. The van der Waals surface area contributed by atoms with E-state index in [1.807, 2.05) is 30.3 Å². The van der Waals surface area contributed by atoms with Crippen LogP contribution in [0.3, 0.4) is 0 Å². The second kappa shape index (κ2) is 9.33. The molecule has 1 aliphatic heterocycles. The van der Waals surface area contributed by atoms with Gasteiger partial charge in [0.25, 0.3) is 0 Å². The molecule has 7 heteroatoms. The second-order valence-electron chi connectivity index (χ2n) is 7.34. The minimum atomic E-state index is -1.16. The molecule has 2 aromatic carbocycles. The number of rotatable bonds is 7. The van der Waals surface area contributed by atoms with Crippen LogP contribution >= 0.6 is 0 Å². The van der Waals surface area contributed by atoms with Crippen molar-refractivity contribution >= 4 is 5.97 Å². The van der Waals surface area contributed by atoms with Gasteiger partial charge in [-0.3, -0.25) is 4.90 Å². The molecule has 1 saturated heterocycles. The average Bonchev–Trinajstić information content (AvgIpc) is 2.72. The van der Waals surface area contributed by atoms with E-state index in [0.717, 1.165) is 24.7 Å². The zero-order valence-corrected chi connectivity index (χ0v) is 16.6. The maximum atomic E-state index is 14.3. The highest BCUT2D eigenvalue weighted by atomic mass is 19.2. The van der Waals surface area contributed by atoms with Gasteiger partial charge in [-0.05, 0) is 31.5 Å². The Kier molecular flexibility index (Phi) is 6.82. The van der Waals surface area contributed by atoms with E-state index in [9.17, 15) is 13.6 Å². The molecule has 1 fully saturated rings. The first-order valence-corrected chi connectivity index (χ1v) is 9.57. The van der Waals surface area contributed by atoms with Crippen LogP contribution in [0, 0.1) is 11.6 Å². The Labute approximate surface area is 169 Å². The van der Waals surface area contributed by atoms with Crippen molar-refractivity contribution in [2.75, 3.05) is 39.5 Å². The molecule has 1 heterocycles.